The summed E-state index contributed by atoms with van der Waals surface area (Å²) >= 11 is 0. The molecular formula is C22H26N2O4. The van der Waals surface area contributed by atoms with Crippen LogP contribution in [0.4, 0.5) is 0 Å². The maximum Gasteiger partial charge on any atom is 0.224 e. The minimum absolute atomic E-state index is 0.0575. The molecule has 2 aromatic rings. The Morgan fingerprint density at radius 3 is 2.29 bits per heavy atom. The van der Waals surface area contributed by atoms with Gasteiger partial charge in [0.1, 0.15) is 18.1 Å². The average Bonchev–Trinajstić information content (AvgIpc) is 3.52. The Morgan fingerprint density at radius 2 is 1.61 bits per heavy atom. The second kappa shape index (κ2) is 9.26. The van der Waals surface area contributed by atoms with E-state index in [-0.39, 0.29) is 23.7 Å². The van der Waals surface area contributed by atoms with Crippen molar-refractivity contribution in [2.45, 2.75) is 19.9 Å². The van der Waals surface area contributed by atoms with E-state index < -0.39 is 0 Å². The van der Waals surface area contributed by atoms with Gasteiger partial charge in [-0.25, -0.2) is 0 Å². The van der Waals surface area contributed by atoms with E-state index >= 15 is 0 Å². The van der Waals surface area contributed by atoms with Gasteiger partial charge >= 0.3 is 0 Å². The highest BCUT2D eigenvalue weighted by Crippen LogP contribution is 2.38. The van der Waals surface area contributed by atoms with Crippen LogP contribution in [0.1, 0.15) is 17.5 Å². The molecule has 2 amide bonds. The number of hydrogen-bond donors (Lipinski definition) is 2. The zero-order chi connectivity index (χ0) is 19.9. The van der Waals surface area contributed by atoms with Gasteiger partial charge in [-0.15, -0.1) is 0 Å². The van der Waals surface area contributed by atoms with Gasteiger partial charge in [0.15, 0.2) is 0 Å². The maximum absolute atomic E-state index is 12.2. The molecule has 0 bridgehead atoms. The fourth-order valence-corrected chi connectivity index (χ4v) is 3.04. The van der Waals surface area contributed by atoms with Crippen LogP contribution in [-0.2, 0) is 16.1 Å². The summed E-state index contributed by atoms with van der Waals surface area (Å²) in [5.74, 6) is 0.868. The zero-order valence-corrected chi connectivity index (χ0v) is 16.2. The minimum atomic E-state index is -0.238. The third-order valence-electron chi connectivity index (χ3n) is 4.91. The van der Waals surface area contributed by atoms with Gasteiger partial charge < -0.3 is 20.1 Å². The van der Waals surface area contributed by atoms with E-state index in [0.717, 1.165) is 22.6 Å². The first-order chi connectivity index (χ1) is 13.6. The molecule has 1 aliphatic rings. The van der Waals surface area contributed by atoms with Gasteiger partial charge in [-0.1, -0.05) is 24.3 Å². The number of carbonyl (C=O) groups excluding carboxylic acids is 2. The molecule has 0 spiro atoms. The molecule has 1 saturated carbocycles. The van der Waals surface area contributed by atoms with Gasteiger partial charge in [0.05, 0.1) is 25.5 Å². The summed E-state index contributed by atoms with van der Waals surface area (Å²) in [7, 11) is 1.61. The van der Waals surface area contributed by atoms with Crippen LogP contribution in [0.25, 0.3) is 0 Å². The van der Waals surface area contributed by atoms with Crippen molar-refractivity contribution in [1.29, 1.82) is 0 Å². The molecule has 0 aromatic heterocycles. The molecule has 0 radical (unpaired) electrons. The average molecular weight is 382 g/mol. The predicted molar refractivity (Wildman–Crippen MR) is 106 cm³/mol. The van der Waals surface area contributed by atoms with Crippen molar-refractivity contribution in [2.24, 2.45) is 11.8 Å². The van der Waals surface area contributed by atoms with Crippen molar-refractivity contribution in [2.75, 3.05) is 20.3 Å². The largest absolute Gasteiger partial charge is 0.497 e. The van der Waals surface area contributed by atoms with Crippen LogP contribution >= 0.6 is 0 Å². The van der Waals surface area contributed by atoms with Gasteiger partial charge in [0.25, 0.3) is 0 Å². The van der Waals surface area contributed by atoms with Crippen LogP contribution in [-0.4, -0.2) is 32.1 Å². The van der Waals surface area contributed by atoms with Gasteiger partial charge in [-0.05, 0) is 48.7 Å². The first-order valence-corrected chi connectivity index (χ1v) is 9.45. The number of rotatable bonds is 9. The van der Waals surface area contributed by atoms with Crippen LogP contribution in [0, 0.1) is 18.8 Å². The second-order valence-corrected chi connectivity index (χ2v) is 6.91. The van der Waals surface area contributed by atoms with Gasteiger partial charge in [0, 0.05) is 6.54 Å². The highest BCUT2D eigenvalue weighted by atomic mass is 16.5. The second-order valence-electron chi connectivity index (χ2n) is 6.91. The zero-order valence-electron chi connectivity index (χ0n) is 16.2. The van der Waals surface area contributed by atoms with Crippen molar-refractivity contribution >= 4 is 11.8 Å². The van der Waals surface area contributed by atoms with Crippen LogP contribution in [0.5, 0.6) is 11.5 Å². The van der Waals surface area contributed by atoms with Crippen LogP contribution in [0.15, 0.2) is 48.5 Å². The topological polar surface area (TPSA) is 76.7 Å². The van der Waals surface area contributed by atoms with E-state index in [1.807, 2.05) is 55.5 Å². The number of carbonyl (C=O) groups is 2. The quantitative estimate of drug-likeness (QED) is 0.653. The summed E-state index contributed by atoms with van der Waals surface area (Å²) in [6.45, 7) is 3.28. The number of benzene rings is 2. The Kier molecular flexibility index (Phi) is 6.53. The lowest BCUT2D eigenvalue weighted by molar-refractivity contribution is -0.127. The third-order valence-corrected chi connectivity index (χ3v) is 4.91. The van der Waals surface area contributed by atoms with Gasteiger partial charge in [-0.2, -0.15) is 0 Å². The number of nitrogens with one attached hydrogen (secondary N) is 2. The highest BCUT2D eigenvalue weighted by molar-refractivity contribution is 5.92. The Bertz CT molecular complexity index is 820. The molecule has 0 heterocycles. The van der Waals surface area contributed by atoms with Crippen molar-refractivity contribution in [3.8, 4) is 11.5 Å². The molecule has 6 heteroatoms. The fourth-order valence-electron chi connectivity index (χ4n) is 3.04. The summed E-state index contributed by atoms with van der Waals surface area (Å²) < 4.78 is 10.7. The number of aryl methyl sites for hydroxylation is 1. The Hall–Kier alpha value is -3.02. The number of amides is 2. The monoisotopic (exact) mass is 382 g/mol. The van der Waals surface area contributed by atoms with Crippen LogP contribution < -0.4 is 20.1 Å². The van der Waals surface area contributed by atoms with E-state index in [0.29, 0.717) is 26.1 Å². The summed E-state index contributed by atoms with van der Waals surface area (Å²) in [6, 6.07) is 15.2. The fraction of sp³-hybridized carbons (Fsp3) is 0.364. The molecule has 3 rings (SSSR count). The Labute approximate surface area is 165 Å². The summed E-state index contributed by atoms with van der Waals surface area (Å²) in [6.07, 6.45) is 0.602. The minimum Gasteiger partial charge on any atom is -0.497 e. The molecule has 28 heavy (non-hydrogen) atoms. The lowest BCUT2D eigenvalue weighted by atomic mass is 10.1. The molecule has 2 N–H and O–H groups in total. The van der Waals surface area contributed by atoms with E-state index in [1.165, 1.54) is 0 Å². The molecule has 148 valence electrons. The predicted octanol–water partition coefficient (Wildman–Crippen LogP) is 2.45. The first-order valence-electron chi connectivity index (χ1n) is 9.45. The first kappa shape index (κ1) is 19.7. The molecule has 1 aliphatic carbocycles. The lowest BCUT2D eigenvalue weighted by Crippen LogP contribution is -2.32. The van der Waals surface area contributed by atoms with Crippen LogP contribution in [0.3, 0.4) is 0 Å². The summed E-state index contributed by atoms with van der Waals surface area (Å²) in [4.78, 5) is 24.4. The van der Waals surface area contributed by atoms with Gasteiger partial charge in [-0.3, -0.25) is 9.59 Å². The highest BCUT2D eigenvalue weighted by Gasteiger charge is 2.47. The molecule has 6 nitrogen and oxygen atoms in total. The normalized spacial score (nSPS) is 17.5. The van der Waals surface area contributed by atoms with Gasteiger partial charge in [0.2, 0.25) is 11.8 Å². The van der Waals surface area contributed by atoms with Crippen LogP contribution in [0.2, 0.25) is 0 Å². The Morgan fingerprint density at radius 1 is 0.964 bits per heavy atom. The lowest BCUT2D eigenvalue weighted by Gasteiger charge is -2.09. The molecule has 0 aliphatic heterocycles. The Balaban J connectivity index is 1.33. The summed E-state index contributed by atoms with van der Waals surface area (Å²) in [5, 5.41) is 5.77. The maximum atomic E-state index is 12.2. The van der Waals surface area contributed by atoms with Crippen molar-refractivity contribution < 1.29 is 19.1 Å². The SMILES string of the molecule is COc1ccc(OCCNC(=O)C2CC2C(=O)NCc2ccccc2C)cc1. The van der Waals surface area contributed by atoms with Crippen molar-refractivity contribution in [3.05, 3.63) is 59.7 Å². The van der Waals surface area contributed by atoms with E-state index in [4.69, 9.17) is 9.47 Å². The van der Waals surface area contributed by atoms with E-state index in [2.05, 4.69) is 10.6 Å². The molecule has 2 atom stereocenters. The number of ether oxygens (including phenoxy) is 2. The van der Waals surface area contributed by atoms with E-state index in [9.17, 15) is 9.59 Å². The smallest absolute Gasteiger partial charge is 0.224 e. The molecule has 1 fully saturated rings. The summed E-state index contributed by atoms with van der Waals surface area (Å²) in [5.41, 5.74) is 2.23. The van der Waals surface area contributed by atoms with Crippen molar-refractivity contribution in [3.63, 3.8) is 0 Å². The molecular weight excluding hydrogens is 356 g/mol. The number of hydrogen-bond acceptors (Lipinski definition) is 4. The molecule has 2 unspecified atom stereocenters. The molecule has 0 saturated heterocycles. The van der Waals surface area contributed by atoms with Crippen molar-refractivity contribution in [1.82, 2.24) is 10.6 Å². The van der Waals surface area contributed by atoms with E-state index in [1.54, 1.807) is 7.11 Å². The third kappa shape index (κ3) is 5.25. The number of methoxy groups -OCH3 is 1. The standard InChI is InChI=1S/C22H26N2O4/c1-15-5-3-4-6-16(15)14-24-22(26)20-13-19(20)21(25)23-11-12-28-18-9-7-17(27-2)8-10-18/h3-10,19-20H,11-14H2,1-2H3,(H,23,25)(H,24,26). The molecule has 2 aromatic carbocycles.